The van der Waals surface area contributed by atoms with Gasteiger partial charge in [-0.2, -0.15) is 0 Å². The first-order valence-corrected chi connectivity index (χ1v) is 9.32. The zero-order valence-corrected chi connectivity index (χ0v) is 16.0. The largest absolute Gasteiger partial charge is 0.444 e. The zero-order valence-electron chi connectivity index (χ0n) is 14.4. The Balaban J connectivity index is 1.49. The van der Waals surface area contributed by atoms with Gasteiger partial charge in [-0.15, -0.1) is 10.2 Å². The molecule has 138 valence electrons. The third-order valence-electron chi connectivity index (χ3n) is 4.20. The Hall–Kier alpha value is -2.71. The number of hydrogen-bond acceptors (Lipinski definition) is 6. The number of anilines is 2. The maximum absolute atomic E-state index is 12.2. The molecule has 1 N–H and O–H groups in total. The van der Waals surface area contributed by atoms with Crippen molar-refractivity contribution in [3.63, 3.8) is 0 Å². The lowest BCUT2D eigenvalue weighted by Crippen LogP contribution is -2.36. The van der Waals surface area contributed by atoms with Gasteiger partial charge in [0.05, 0.1) is 18.9 Å². The van der Waals surface area contributed by atoms with E-state index in [1.165, 1.54) is 0 Å². The van der Waals surface area contributed by atoms with Crippen molar-refractivity contribution in [1.82, 2.24) is 10.2 Å². The quantitative estimate of drug-likeness (QED) is 0.683. The van der Waals surface area contributed by atoms with Crippen LogP contribution in [0.1, 0.15) is 10.6 Å². The lowest BCUT2D eigenvalue weighted by molar-refractivity contribution is 0.0995. The van der Waals surface area contributed by atoms with Crippen LogP contribution in [0.2, 0.25) is 0 Å². The molecule has 0 bridgehead atoms. The highest BCUT2D eigenvalue weighted by atomic mass is 79.9. The number of halogens is 1. The fourth-order valence-electron chi connectivity index (χ4n) is 2.83. The number of aromatic nitrogens is 2. The second kappa shape index (κ2) is 7.89. The first kappa shape index (κ1) is 17.7. The maximum atomic E-state index is 12.2. The lowest BCUT2D eigenvalue weighted by Gasteiger charge is -2.27. The molecule has 0 saturated carbocycles. The molecule has 1 fully saturated rings. The molecule has 1 amide bonds. The van der Waals surface area contributed by atoms with E-state index in [0.29, 0.717) is 23.6 Å². The highest BCUT2D eigenvalue weighted by Gasteiger charge is 2.14. The average Bonchev–Trinajstić information content (AvgIpc) is 3.16. The van der Waals surface area contributed by atoms with Crippen molar-refractivity contribution < 1.29 is 13.9 Å². The normalized spacial score (nSPS) is 14.2. The molecule has 2 aromatic heterocycles. The fourth-order valence-corrected chi connectivity index (χ4v) is 3.13. The third-order valence-corrected chi connectivity index (χ3v) is 4.62. The van der Waals surface area contributed by atoms with Gasteiger partial charge in [-0.25, -0.2) is 0 Å². The van der Waals surface area contributed by atoms with Gasteiger partial charge in [0, 0.05) is 24.3 Å². The summed E-state index contributed by atoms with van der Waals surface area (Å²) in [5, 5.41) is 11.5. The highest BCUT2D eigenvalue weighted by molar-refractivity contribution is 9.10. The van der Waals surface area contributed by atoms with E-state index in [1.807, 2.05) is 36.4 Å². The molecule has 27 heavy (non-hydrogen) atoms. The van der Waals surface area contributed by atoms with E-state index < -0.39 is 0 Å². The summed E-state index contributed by atoms with van der Waals surface area (Å²) >= 11 is 3.19. The number of amides is 1. The molecule has 3 heterocycles. The summed E-state index contributed by atoms with van der Waals surface area (Å²) in [6.07, 6.45) is 0. The molecule has 4 rings (SSSR count). The number of carbonyl (C=O) groups is 1. The van der Waals surface area contributed by atoms with E-state index in [1.54, 1.807) is 12.1 Å². The minimum Gasteiger partial charge on any atom is -0.444 e. The van der Waals surface area contributed by atoms with Gasteiger partial charge >= 0.3 is 0 Å². The summed E-state index contributed by atoms with van der Waals surface area (Å²) in [7, 11) is 0. The minimum absolute atomic E-state index is 0.238. The molecule has 1 saturated heterocycles. The van der Waals surface area contributed by atoms with E-state index in [4.69, 9.17) is 9.15 Å². The Kier molecular flexibility index (Phi) is 5.17. The summed E-state index contributed by atoms with van der Waals surface area (Å²) in [6.45, 7) is 3.05. The van der Waals surface area contributed by atoms with Crippen molar-refractivity contribution in [2.45, 2.75) is 0 Å². The topological polar surface area (TPSA) is 80.5 Å². The molecule has 0 unspecified atom stereocenters. The van der Waals surface area contributed by atoms with E-state index >= 15 is 0 Å². The van der Waals surface area contributed by atoms with Crippen LogP contribution in [0.25, 0.3) is 11.3 Å². The van der Waals surface area contributed by atoms with E-state index in [9.17, 15) is 4.79 Å². The number of hydrogen-bond donors (Lipinski definition) is 1. The monoisotopic (exact) mass is 428 g/mol. The standard InChI is InChI=1S/C19H17BrN4O3/c20-17-6-5-16(27-17)19(25)21-14-3-1-2-13(12-14)15-4-7-18(23-22-15)24-8-10-26-11-9-24/h1-7,12H,8-11H2,(H,21,25). The number of morpholine rings is 1. The summed E-state index contributed by atoms with van der Waals surface area (Å²) in [5.41, 5.74) is 2.27. The van der Waals surface area contributed by atoms with Crippen LogP contribution < -0.4 is 10.2 Å². The SMILES string of the molecule is O=C(Nc1cccc(-c2ccc(N3CCOCC3)nn2)c1)c1ccc(Br)o1. The van der Waals surface area contributed by atoms with Gasteiger partial charge in [-0.1, -0.05) is 12.1 Å². The third kappa shape index (κ3) is 4.17. The van der Waals surface area contributed by atoms with Gasteiger partial charge in [0.15, 0.2) is 16.2 Å². The van der Waals surface area contributed by atoms with Crippen molar-refractivity contribution in [2.24, 2.45) is 0 Å². The first-order valence-electron chi connectivity index (χ1n) is 8.52. The number of ether oxygens (including phenoxy) is 1. The van der Waals surface area contributed by atoms with Crippen molar-refractivity contribution >= 4 is 33.3 Å². The second-order valence-electron chi connectivity index (χ2n) is 6.01. The predicted molar refractivity (Wildman–Crippen MR) is 105 cm³/mol. The maximum Gasteiger partial charge on any atom is 0.291 e. The Bertz CT molecular complexity index is 936. The molecule has 0 atom stereocenters. The van der Waals surface area contributed by atoms with Crippen LogP contribution in [0, 0.1) is 0 Å². The number of furan rings is 1. The summed E-state index contributed by atoms with van der Waals surface area (Å²) in [6, 6.07) is 14.6. The number of rotatable bonds is 4. The van der Waals surface area contributed by atoms with E-state index in [0.717, 1.165) is 30.2 Å². The molecular formula is C19H17BrN4O3. The van der Waals surface area contributed by atoms with Gasteiger partial charge in [-0.05, 0) is 52.3 Å². The number of nitrogens with zero attached hydrogens (tertiary/aromatic N) is 3. The Morgan fingerprint density at radius 2 is 1.93 bits per heavy atom. The van der Waals surface area contributed by atoms with Crippen molar-refractivity contribution in [2.75, 3.05) is 36.5 Å². The molecule has 3 aromatic rings. The van der Waals surface area contributed by atoms with Crippen LogP contribution in [0.5, 0.6) is 0 Å². The summed E-state index contributed by atoms with van der Waals surface area (Å²) < 4.78 is 11.1. The van der Waals surface area contributed by atoms with Crippen molar-refractivity contribution in [3.8, 4) is 11.3 Å². The van der Waals surface area contributed by atoms with Gasteiger partial charge in [0.1, 0.15) is 0 Å². The molecule has 1 aromatic carbocycles. The van der Waals surface area contributed by atoms with Gasteiger partial charge in [0.25, 0.3) is 5.91 Å². The molecule has 1 aliphatic heterocycles. The molecule has 7 nitrogen and oxygen atoms in total. The summed E-state index contributed by atoms with van der Waals surface area (Å²) in [5.74, 6) is 0.767. The minimum atomic E-state index is -0.313. The van der Waals surface area contributed by atoms with Crippen LogP contribution in [-0.2, 0) is 4.74 Å². The van der Waals surface area contributed by atoms with Gasteiger partial charge in [-0.3, -0.25) is 4.79 Å². The first-order chi connectivity index (χ1) is 13.2. The van der Waals surface area contributed by atoms with E-state index in [-0.39, 0.29) is 11.7 Å². The molecule has 8 heteroatoms. The van der Waals surface area contributed by atoms with Gasteiger partial charge in [0.2, 0.25) is 0 Å². The molecule has 0 spiro atoms. The number of carbonyl (C=O) groups excluding carboxylic acids is 1. The average molecular weight is 429 g/mol. The Labute approximate surface area is 164 Å². The fraction of sp³-hybridized carbons (Fsp3) is 0.211. The molecular weight excluding hydrogens is 412 g/mol. The van der Waals surface area contributed by atoms with Crippen LogP contribution in [-0.4, -0.2) is 42.4 Å². The molecule has 0 radical (unpaired) electrons. The zero-order chi connectivity index (χ0) is 18.6. The number of nitrogens with one attached hydrogen (secondary N) is 1. The van der Waals surface area contributed by atoms with E-state index in [2.05, 4.69) is 36.3 Å². The highest BCUT2D eigenvalue weighted by Crippen LogP contribution is 2.23. The number of benzene rings is 1. The Morgan fingerprint density at radius 3 is 2.63 bits per heavy atom. The molecule has 0 aliphatic carbocycles. The second-order valence-corrected chi connectivity index (χ2v) is 6.80. The van der Waals surface area contributed by atoms with Crippen molar-refractivity contribution in [3.05, 3.63) is 59.0 Å². The van der Waals surface area contributed by atoms with Crippen LogP contribution in [0.3, 0.4) is 0 Å². The van der Waals surface area contributed by atoms with Crippen LogP contribution in [0.15, 0.2) is 57.6 Å². The van der Waals surface area contributed by atoms with Gasteiger partial charge < -0.3 is 19.4 Å². The Morgan fingerprint density at radius 1 is 1.07 bits per heavy atom. The predicted octanol–water partition coefficient (Wildman–Crippen LogP) is 3.59. The van der Waals surface area contributed by atoms with Crippen molar-refractivity contribution in [1.29, 1.82) is 0 Å². The van der Waals surface area contributed by atoms with Crippen LogP contribution in [0.4, 0.5) is 11.5 Å². The van der Waals surface area contributed by atoms with Crippen LogP contribution >= 0.6 is 15.9 Å². The smallest absolute Gasteiger partial charge is 0.291 e. The lowest BCUT2D eigenvalue weighted by atomic mass is 10.1. The molecule has 1 aliphatic rings. The summed E-state index contributed by atoms with van der Waals surface area (Å²) in [4.78, 5) is 14.4.